The van der Waals surface area contributed by atoms with Gasteiger partial charge in [0.05, 0.1) is 10.5 Å². The zero-order valence-corrected chi connectivity index (χ0v) is 10.3. The van der Waals surface area contributed by atoms with Crippen molar-refractivity contribution in [1.82, 2.24) is 4.98 Å². The minimum absolute atomic E-state index is 0.628. The van der Waals surface area contributed by atoms with Crippen LogP contribution >= 0.6 is 11.6 Å². The first-order chi connectivity index (χ1) is 7.63. The van der Waals surface area contributed by atoms with E-state index in [9.17, 15) is 0 Å². The second kappa shape index (κ2) is 4.40. The monoisotopic (exact) mass is 234 g/mol. The van der Waals surface area contributed by atoms with Crippen LogP contribution in [0, 0.1) is 13.8 Å². The summed E-state index contributed by atoms with van der Waals surface area (Å²) in [4.78, 5) is 4.55. The Morgan fingerprint density at radius 1 is 1.31 bits per heavy atom. The van der Waals surface area contributed by atoms with Crippen molar-refractivity contribution in [3.8, 4) is 0 Å². The van der Waals surface area contributed by atoms with E-state index in [0.29, 0.717) is 6.54 Å². The SMILES string of the molecule is Cc1cc(CCN)c2c(Cl)ccc(C)c2n1. The van der Waals surface area contributed by atoms with Crippen LogP contribution in [0.5, 0.6) is 0 Å². The van der Waals surface area contributed by atoms with E-state index in [1.165, 1.54) is 5.56 Å². The molecule has 0 fully saturated rings. The Hall–Kier alpha value is -1.12. The van der Waals surface area contributed by atoms with E-state index in [0.717, 1.165) is 33.6 Å². The van der Waals surface area contributed by atoms with Gasteiger partial charge in [0.1, 0.15) is 0 Å². The molecule has 0 bridgehead atoms. The number of aromatic nitrogens is 1. The van der Waals surface area contributed by atoms with Crippen LogP contribution in [0.1, 0.15) is 16.8 Å². The van der Waals surface area contributed by atoms with Gasteiger partial charge in [-0.25, -0.2) is 0 Å². The van der Waals surface area contributed by atoms with Gasteiger partial charge >= 0.3 is 0 Å². The largest absolute Gasteiger partial charge is 0.330 e. The summed E-state index contributed by atoms with van der Waals surface area (Å²) in [5, 5.41) is 1.81. The van der Waals surface area contributed by atoms with Crippen molar-refractivity contribution in [3.05, 3.63) is 40.0 Å². The number of halogens is 1. The summed E-state index contributed by atoms with van der Waals surface area (Å²) in [7, 11) is 0. The van der Waals surface area contributed by atoms with Crippen LogP contribution in [0.3, 0.4) is 0 Å². The number of nitrogens with zero attached hydrogens (tertiary/aromatic N) is 1. The topological polar surface area (TPSA) is 38.9 Å². The molecule has 0 aliphatic heterocycles. The molecule has 0 amide bonds. The van der Waals surface area contributed by atoms with Gasteiger partial charge in [-0.05, 0) is 50.1 Å². The van der Waals surface area contributed by atoms with Gasteiger partial charge < -0.3 is 5.73 Å². The number of fused-ring (bicyclic) bond motifs is 1. The predicted molar refractivity (Wildman–Crippen MR) is 69.0 cm³/mol. The minimum atomic E-state index is 0.628. The van der Waals surface area contributed by atoms with Crippen LogP contribution in [0.25, 0.3) is 10.9 Å². The zero-order chi connectivity index (χ0) is 11.7. The first-order valence-electron chi connectivity index (χ1n) is 5.39. The van der Waals surface area contributed by atoms with Gasteiger partial charge in [0.15, 0.2) is 0 Å². The molecule has 0 atom stereocenters. The van der Waals surface area contributed by atoms with Crippen LogP contribution in [-0.2, 0) is 6.42 Å². The highest BCUT2D eigenvalue weighted by Crippen LogP contribution is 2.28. The number of benzene rings is 1. The van der Waals surface area contributed by atoms with Crippen molar-refractivity contribution >= 4 is 22.5 Å². The third-order valence-corrected chi connectivity index (χ3v) is 3.05. The highest BCUT2D eigenvalue weighted by Gasteiger charge is 2.09. The van der Waals surface area contributed by atoms with Gasteiger partial charge in [0.25, 0.3) is 0 Å². The average molecular weight is 235 g/mol. The number of pyridine rings is 1. The molecule has 2 aromatic rings. The van der Waals surface area contributed by atoms with Gasteiger partial charge in [0, 0.05) is 11.1 Å². The fourth-order valence-corrected chi connectivity index (χ4v) is 2.28. The molecule has 0 unspecified atom stereocenters. The van der Waals surface area contributed by atoms with E-state index in [4.69, 9.17) is 17.3 Å². The summed E-state index contributed by atoms with van der Waals surface area (Å²) in [6, 6.07) is 6.00. The average Bonchev–Trinajstić information content (AvgIpc) is 2.23. The molecule has 0 radical (unpaired) electrons. The van der Waals surface area contributed by atoms with Crippen LogP contribution in [-0.4, -0.2) is 11.5 Å². The molecule has 0 saturated heterocycles. The molecular weight excluding hydrogens is 220 g/mol. The van der Waals surface area contributed by atoms with Gasteiger partial charge in [-0.3, -0.25) is 4.98 Å². The molecular formula is C13H15ClN2. The van der Waals surface area contributed by atoms with Crippen molar-refractivity contribution in [2.45, 2.75) is 20.3 Å². The minimum Gasteiger partial charge on any atom is -0.330 e. The van der Waals surface area contributed by atoms with Crippen molar-refractivity contribution < 1.29 is 0 Å². The smallest absolute Gasteiger partial charge is 0.0752 e. The standard InChI is InChI=1S/C13H15ClN2/c1-8-3-4-11(14)12-10(5-6-15)7-9(2)16-13(8)12/h3-4,7H,5-6,15H2,1-2H3. The summed E-state index contributed by atoms with van der Waals surface area (Å²) in [6.45, 7) is 4.68. The van der Waals surface area contributed by atoms with E-state index >= 15 is 0 Å². The number of rotatable bonds is 2. The zero-order valence-electron chi connectivity index (χ0n) is 9.55. The molecule has 0 saturated carbocycles. The highest BCUT2D eigenvalue weighted by atomic mass is 35.5. The Bertz CT molecular complexity index is 535. The third kappa shape index (κ3) is 1.91. The number of aryl methyl sites for hydroxylation is 2. The third-order valence-electron chi connectivity index (χ3n) is 2.73. The van der Waals surface area contributed by atoms with Gasteiger partial charge in [-0.2, -0.15) is 0 Å². The maximum atomic E-state index is 6.24. The second-order valence-electron chi connectivity index (χ2n) is 4.05. The molecule has 0 spiro atoms. The van der Waals surface area contributed by atoms with E-state index in [1.54, 1.807) is 0 Å². The Morgan fingerprint density at radius 3 is 2.75 bits per heavy atom. The summed E-state index contributed by atoms with van der Waals surface area (Å²) in [6.07, 6.45) is 0.836. The second-order valence-corrected chi connectivity index (χ2v) is 4.46. The summed E-state index contributed by atoms with van der Waals surface area (Å²) in [5.74, 6) is 0. The Morgan fingerprint density at radius 2 is 2.06 bits per heavy atom. The summed E-state index contributed by atoms with van der Waals surface area (Å²) >= 11 is 6.24. The highest BCUT2D eigenvalue weighted by molar-refractivity contribution is 6.35. The van der Waals surface area contributed by atoms with E-state index in [2.05, 4.69) is 18.0 Å². The molecule has 2 rings (SSSR count). The first-order valence-corrected chi connectivity index (χ1v) is 5.76. The van der Waals surface area contributed by atoms with Crippen LogP contribution in [0.2, 0.25) is 5.02 Å². The van der Waals surface area contributed by atoms with Crippen molar-refractivity contribution in [2.75, 3.05) is 6.54 Å². The van der Waals surface area contributed by atoms with Crippen LogP contribution in [0.4, 0.5) is 0 Å². The maximum absolute atomic E-state index is 6.24. The van der Waals surface area contributed by atoms with Gasteiger partial charge in [0.2, 0.25) is 0 Å². The van der Waals surface area contributed by atoms with E-state index in [-0.39, 0.29) is 0 Å². The quantitative estimate of drug-likeness (QED) is 0.868. The molecule has 1 aromatic carbocycles. The van der Waals surface area contributed by atoms with Crippen molar-refractivity contribution in [3.63, 3.8) is 0 Å². The van der Waals surface area contributed by atoms with Crippen LogP contribution < -0.4 is 5.73 Å². The maximum Gasteiger partial charge on any atom is 0.0752 e. The lowest BCUT2D eigenvalue weighted by Crippen LogP contribution is -2.04. The van der Waals surface area contributed by atoms with Gasteiger partial charge in [-0.1, -0.05) is 17.7 Å². The number of hydrogen-bond donors (Lipinski definition) is 1. The lowest BCUT2D eigenvalue weighted by Gasteiger charge is -2.10. The number of hydrogen-bond acceptors (Lipinski definition) is 2. The van der Waals surface area contributed by atoms with Crippen LogP contribution in [0.15, 0.2) is 18.2 Å². The van der Waals surface area contributed by atoms with Crippen molar-refractivity contribution in [1.29, 1.82) is 0 Å². The van der Waals surface area contributed by atoms with E-state index < -0.39 is 0 Å². The molecule has 0 aliphatic rings. The molecule has 3 heteroatoms. The van der Waals surface area contributed by atoms with E-state index in [1.807, 2.05) is 19.1 Å². The lowest BCUT2D eigenvalue weighted by atomic mass is 10.0. The molecule has 16 heavy (non-hydrogen) atoms. The molecule has 84 valence electrons. The Kier molecular flexibility index (Phi) is 3.13. The normalized spacial score (nSPS) is 11.0. The number of nitrogens with two attached hydrogens (primary N) is 1. The molecule has 1 heterocycles. The molecule has 1 aromatic heterocycles. The van der Waals surface area contributed by atoms with Crippen molar-refractivity contribution in [2.24, 2.45) is 5.73 Å². The fourth-order valence-electron chi connectivity index (χ4n) is 2.01. The molecule has 2 nitrogen and oxygen atoms in total. The Balaban J connectivity index is 2.83. The Labute approximate surface area is 100 Å². The molecule has 2 N–H and O–H groups in total. The lowest BCUT2D eigenvalue weighted by molar-refractivity contribution is 0.971. The van der Waals surface area contributed by atoms with Gasteiger partial charge in [-0.15, -0.1) is 0 Å². The first kappa shape index (κ1) is 11.4. The summed E-state index contributed by atoms with van der Waals surface area (Å²) in [5.41, 5.74) is 9.98. The fraction of sp³-hybridized carbons (Fsp3) is 0.308. The predicted octanol–water partition coefficient (Wildman–Crippen LogP) is 3.01. The summed E-state index contributed by atoms with van der Waals surface area (Å²) < 4.78 is 0. The molecule has 0 aliphatic carbocycles.